The summed E-state index contributed by atoms with van der Waals surface area (Å²) >= 11 is 0. The van der Waals surface area contributed by atoms with Gasteiger partial charge in [0, 0.05) is 59.8 Å². The van der Waals surface area contributed by atoms with Gasteiger partial charge < -0.3 is 19.9 Å². The second kappa shape index (κ2) is 12.1. The van der Waals surface area contributed by atoms with E-state index in [0.717, 1.165) is 69.7 Å². The van der Waals surface area contributed by atoms with Gasteiger partial charge >= 0.3 is 6.09 Å². The SMILES string of the molecule is CC(C)(C)OC(=O)NCCCCCCN1CCN(c2ccc3c(c2)CN(C2CCC(=O)NC2=O)C3=O)CC1.[HH].[HH]. The summed E-state index contributed by atoms with van der Waals surface area (Å²) in [6.07, 6.45) is 4.60. The molecule has 212 valence electrons. The number of fused-ring (bicyclic) bond motifs is 1. The van der Waals surface area contributed by atoms with Gasteiger partial charge in [0.25, 0.3) is 5.91 Å². The number of amides is 4. The van der Waals surface area contributed by atoms with Crippen LogP contribution < -0.4 is 15.5 Å². The zero-order valence-corrected chi connectivity index (χ0v) is 22.9. The number of hydrogen-bond acceptors (Lipinski definition) is 7. The van der Waals surface area contributed by atoms with Crippen molar-refractivity contribution >= 4 is 29.5 Å². The van der Waals surface area contributed by atoms with Crippen LogP contribution in [0, 0.1) is 0 Å². The first-order chi connectivity index (χ1) is 18.1. The third-order valence-corrected chi connectivity index (χ3v) is 7.31. The van der Waals surface area contributed by atoms with Crippen LogP contribution in [-0.4, -0.2) is 84.5 Å². The molecular formula is C28H45N5O5. The molecule has 3 heterocycles. The fourth-order valence-electron chi connectivity index (χ4n) is 5.31. The standard InChI is InChI=1S/C28H41N5O5.2H2/c1-28(2,3)38-27(37)29-12-6-4-5-7-13-31-14-16-32(17-15-31)21-8-9-22-20(18-21)19-33(26(22)36)23-10-11-24(34)30-25(23)35;;/h8-9,18,23H,4-7,10-17,19H2,1-3H3,(H,29,37)(H,30,34,35);2*1H. The summed E-state index contributed by atoms with van der Waals surface area (Å²) in [7, 11) is 0. The number of alkyl carbamates (subject to hydrolysis) is 1. The number of hydrogen-bond donors (Lipinski definition) is 2. The smallest absolute Gasteiger partial charge is 0.407 e. The Hall–Kier alpha value is -3.14. The van der Waals surface area contributed by atoms with Gasteiger partial charge in [0.2, 0.25) is 11.8 Å². The lowest BCUT2D eigenvalue weighted by Gasteiger charge is -2.36. The molecule has 1 aromatic rings. The maximum Gasteiger partial charge on any atom is 0.407 e. The average Bonchev–Trinajstić information content (AvgIpc) is 3.18. The van der Waals surface area contributed by atoms with Crippen LogP contribution in [0.3, 0.4) is 0 Å². The molecule has 1 atom stereocenters. The van der Waals surface area contributed by atoms with Crippen molar-refractivity contribution in [3.8, 4) is 0 Å². The van der Waals surface area contributed by atoms with Gasteiger partial charge in [-0.15, -0.1) is 0 Å². The summed E-state index contributed by atoms with van der Waals surface area (Å²) in [5, 5.41) is 5.17. The van der Waals surface area contributed by atoms with Crippen molar-refractivity contribution in [1.82, 2.24) is 20.4 Å². The Morgan fingerprint density at radius 3 is 2.53 bits per heavy atom. The molecule has 0 spiro atoms. The van der Waals surface area contributed by atoms with Gasteiger partial charge in [0.15, 0.2) is 0 Å². The van der Waals surface area contributed by atoms with Crippen molar-refractivity contribution in [2.75, 3.05) is 44.2 Å². The molecule has 0 aromatic heterocycles. The third kappa shape index (κ3) is 7.24. The summed E-state index contributed by atoms with van der Waals surface area (Å²) in [4.78, 5) is 54.8. The number of unbranched alkanes of at least 4 members (excludes halogenated alkanes) is 3. The van der Waals surface area contributed by atoms with Crippen molar-refractivity contribution in [3.05, 3.63) is 29.3 Å². The fourth-order valence-corrected chi connectivity index (χ4v) is 5.31. The molecule has 0 bridgehead atoms. The first-order valence-electron chi connectivity index (χ1n) is 13.8. The molecule has 4 rings (SSSR count). The first kappa shape index (κ1) is 27.9. The van der Waals surface area contributed by atoms with Crippen LogP contribution in [-0.2, 0) is 20.9 Å². The Morgan fingerprint density at radius 1 is 1.08 bits per heavy atom. The lowest BCUT2D eigenvalue weighted by atomic mass is 10.0. The third-order valence-electron chi connectivity index (χ3n) is 7.31. The predicted molar refractivity (Wildman–Crippen MR) is 148 cm³/mol. The summed E-state index contributed by atoms with van der Waals surface area (Å²) < 4.78 is 5.25. The van der Waals surface area contributed by atoms with E-state index in [0.29, 0.717) is 25.1 Å². The molecule has 2 N–H and O–H groups in total. The van der Waals surface area contributed by atoms with Crippen LogP contribution in [0.4, 0.5) is 10.5 Å². The average molecular weight is 532 g/mol. The minimum Gasteiger partial charge on any atom is -0.444 e. The Morgan fingerprint density at radius 2 is 1.82 bits per heavy atom. The fraction of sp³-hybridized carbons (Fsp3) is 0.643. The van der Waals surface area contributed by atoms with E-state index >= 15 is 0 Å². The van der Waals surface area contributed by atoms with Crippen molar-refractivity contribution in [2.45, 2.75) is 77.5 Å². The minimum absolute atomic E-state index is 0. The normalized spacial score (nSPS) is 20.4. The highest BCUT2D eigenvalue weighted by Crippen LogP contribution is 2.31. The number of imide groups is 1. The first-order valence-corrected chi connectivity index (χ1v) is 13.8. The van der Waals surface area contributed by atoms with Gasteiger partial charge in [-0.2, -0.15) is 0 Å². The topological polar surface area (TPSA) is 111 Å². The minimum atomic E-state index is -0.583. The molecular weight excluding hydrogens is 486 g/mol. The van der Waals surface area contributed by atoms with Crippen molar-refractivity contribution in [2.24, 2.45) is 0 Å². The Labute approximate surface area is 228 Å². The molecule has 10 nitrogen and oxygen atoms in total. The number of carbonyl (C=O) groups is 4. The lowest BCUT2D eigenvalue weighted by Crippen LogP contribution is -2.52. The molecule has 38 heavy (non-hydrogen) atoms. The molecule has 4 amide bonds. The van der Waals surface area contributed by atoms with Crippen LogP contribution in [0.15, 0.2) is 18.2 Å². The summed E-state index contributed by atoms with van der Waals surface area (Å²) in [6, 6.07) is 5.38. The van der Waals surface area contributed by atoms with E-state index in [4.69, 9.17) is 4.74 Å². The second-order valence-corrected chi connectivity index (χ2v) is 11.4. The second-order valence-electron chi connectivity index (χ2n) is 11.4. The number of benzene rings is 1. The zero-order chi connectivity index (χ0) is 27.3. The molecule has 0 saturated carbocycles. The van der Waals surface area contributed by atoms with Crippen molar-refractivity contribution in [3.63, 3.8) is 0 Å². The molecule has 2 fully saturated rings. The largest absolute Gasteiger partial charge is 0.444 e. The molecule has 0 radical (unpaired) electrons. The van der Waals surface area contributed by atoms with Gasteiger partial charge in [-0.05, 0) is 70.3 Å². The molecule has 10 heteroatoms. The summed E-state index contributed by atoms with van der Waals surface area (Å²) in [5.41, 5.74) is 2.24. The summed E-state index contributed by atoms with van der Waals surface area (Å²) in [6.45, 7) is 11.6. The van der Waals surface area contributed by atoms with Crippen LogP contribution >= 0.6 is 0 Å². The Balaban J connectivity index is 0.00000280. The lowest BCUT2D eigenvalue weighted by molar-refractivity contribution is -0.136. The van der Waals surface area contributed by atoms with Crippen LogP contribution in [0.5, 0.6) is 0 Å². The molecule has 1 aromatic carbocycles. The van der Waals surface area contributed by atoms with E-state index in [9.17, 15) is 19.2 Å². The van der Waals surface area contributed by atoms with Crippen LogP contribution in [0.2, 0.25) is 0 Å². The number of rotatable bonds is 9. The van der Waals surface area contributed by atoms with E-state index in [2.05, 4.69) is 26.5 Å². The van der Waals surface area contributed by atoms with Crippen LogP contribution in [0.25, 0.3) is 0 Å². The number of ether oxygens (including phenoxy) is 1. The number of anilines is 1. The van der Waals surface area contributed by atoms with Gasteiger partial charge in [0.1, 0.15) is 11.6 Å². The number of nitrogens with zero attached hydrogens (tertiary/aromatic N) is 3. The zero-order valence-electron chi connectivity index (χ0n) is 22.9. The number of piperidine rings is 1. The maximum atomic E-state index is 12.9. The summed E-state index contributed by atoms with van der Waals surface area (Å²) in [5.74, 6) is -0.785. The molecule has 3 aliphatic rings. The van der Waals surface area contributed by atoms with Crippen molar-refractivity contribution in [1.29, 1.82) is 0 Å². The molecule has 1 unspecified atom stereocenters. The maximum absolute atomic E-state index is 12.9. The van der Waals surface area contributed by atoms with Gasteiger partial charge in [-0.1, -0.05) is 12.8 Å². The van der Waals surface area contributed by atoms with E-state index in [1.54, 1.807) is 4.90 Å². The molecule has 0 aliphatic carbocycles. The number of piperazine rings is 1. The number of nitrogens with one attached hydrogen (secondary N) is 2. The van der Waals surface area contributed by atoms with E-state index in [1.807, 2.05) is 32.9 Å². The molecule has 3 aliphatic heterocycles. The van der Waals surface area contributed by atoms with Crippen LogP contribution in [0.1, 0.15) is 78.1 Å². The Kier molecular flexibility index (Phi) is 8.91. The van der Waals surface area contributed by atoms with E-state index in [-0.39, 0.29) is 33.1 Å². The van der Waals surface area contributed by atoms with Gasteiger partial charge in [-0.25, -0.2) is 4.79 Å². The van der Waals surface area contributed by atoms with Gasteiger partial charge in [-0.3, -0.25) is 24.6 Å². The quantitative estimate of drug-likeness (QED) is 0.372. The van der Waals surface area contributed by atoms with E-state index in [1.165, 1.54) is 0 Å². The highest BCUT2D eigenvalue weighted by Gasteiger charge is 2.39. The van der Waals surface area contributed by atoms with Gasteiger partial charge in [0.05, 0.1) is 0 Å². The van der Waals surface area contributed by atoms with E-state index < -0.39 is 11.6 Å². The monoisotopic (exact) mass is 531 g/mol. The van der Waals surface area contributed by atoms with Crippen molar-refractivity contribution < 1.29 is 26.8 Å². The highest BCUT2D eigenvalue weighted by atomic mass is 16.6. The highest BCUT2D eigenvalue weighted by molar-refractivity contribution is 6.05. The Bertz CT molecular complexity index is 1060. The number of carbonyl (C=O) groups excluding carboxylic acids is 4. The molecule has 2 saturated heterocycles. The predicted octanol–water partition coefficient (Wildman–Crippen LogP) is 3.15.